The minimum Gasteiger partial charge on any atom is -0.493 e. The molecule has 0 atom stereocenters. The molecule has 0 radical (unpaired) electrons. The van der Waals surface area contributed by atoms with Crippen molar-refractivity contribution in [2.24, 2.45) is 10.9 Å². The van der Waals surface area contributed by atoms with Crippen molar-refractivity contribution in [3.05, 3.63) is 22.2 Å². The van der Waals surface area contributed by atoms with Crippen molar-refractivity contribution in [3.8, 4) is 11.5 Å². The van der Waals surface area contributed by atoms with Crippen molar-refractivity contribution in [1.82, 2.24) is 10.2 Å². The Labute approximate surface area is 186 Å². The van der Waals surface area contributed by atoms with E-state index in [1.54, 1.807) is 21.3 Å². The smallest absolute Gasteiger partial charge is 0.308 e. The zero-order chi connectivity index (χ0) is 19.1. The van der Waals surface area contributed by atoms with Gasteiger partial charge in [-0.1, -0.05) is 0 Å². The summed E-state index contributed by atoms with van der Waals surface area (Å²) in [6.07, 6.45) is 1.55. The Morgan fingerprint density at radius 3 is 2.44 bits per heavy atom. The van der Waals surface area contributed by atoms with Crippen LogP contribution in [0.5, 0.6) is 11.5 Å². The third-order valence-electron chi connectivity index (χ3n) is 4.48. The third-order valence-corrected chi connectivity index (χ3v) is 5.07. The number of rotatable bonds is 5. The fraction of sp³-hybridized carbons (Fsp3) is 0.556. The summed E-state index contributed by atoms with van der Waals surface area (Å²) in [7, 11) is 6.43. The lowest BCUT2D eigenvalue weighted by molar-refractivity contribution is -0.146. The van der Waals surface area contributed by atoms with Crippen molar-refractivity contribution in [2.45, 2.75) is 19.4 Å². The van der Waals surface area contributed by atoms with Crippen molar-refractivity contribution in [3.63, 3.8) is 0 Å². The minimum atomic E-state index is -0.122. The fourth-order valence-electron chi connectivity index (χ4n) is 3.08. The summed E-state index contributed by atoms with van der Waals surface area (Å²) in [5, 5.41) is 3.37. The standard InChI is InChI=1S/C18H26BrN3O4.HI/c1-20-18(22-7-5-13(6-8-22)17(23)26-4)21-11-12-9-14(19)16(25-3)15(10-12)24-2;/h9-10,13H,5-8,11H2,1-4H3,(H,20,21);1H. The number of carbonyl (C=O) groups excluding carboxylic acids is 1. The largest absolute Gasteiger partial charge is 0.493 e. The van der Waals surface area contributed by atoms with Gasteiger partial charge in [-0.05, 0) is 46.5 Å². The van der Waals surface area contributed by atoms with E-state index in [-0.39, 0.29) is 35.9 Å². The Hall–Kier alpha value is -1.23. The van der Waals surface area contributed by atoms with Crippen LogP contribution in [-0.2, 0) is 16.1 Å². The van der Waals surface area contributed by atoms with Gasteiger partial charge in [0, 0.05) is 26.7 Å². The average molecular weight is 556 g/mol. The Morgan fingerprint density at radius 1 is 1.26 bits per heavy atom. The Bertz CT molecular complexity index is 664. The predicted molar refractivity (Wildman–Crippen MR) is 119 cm³/mol. The molecule has 1 aliphatic rings. The van der Waals surface area contributed by atoms with E-state index in [1.165, 1.54) is 7.11 Å². The topological polar surface area (TPSA) is 72.4 Å². The van der Waals surface area contributed by atoms with Crippen LogP contribution in [0.2, 0.25) is 0 Å². The molecule has 1 saturated heterocycles. The molecule has 0 saturated carbocycles. The Balaban J connectivity index is 0.00000364. The highest BCUT2D eigenvalue weighted by Crippen LogP contribution is 2.36. The number of carbonyl (C=O) groups is 1. The minimum absolute atomic E-state index is 0. The molecule has 0 aliphatic carbocycles. The number of aliphatic imine (C=N–C) groups is 1. The van der Waals surface area contributed by atoms with Gasteiger partial charge in [-0.2, -0.15) is 0 Å². The predicted octanol–water partition coefficient (Wildman–Crippen LogP) is 3.04. The number of hydrogen-bond acceptors (Lipinski definition) is 5. The van der Waals surface area contributed by atoms with E-state index in [4.69, 9.17) is 14.2 Å². The fourth-order valence-corrected chi connectivity index (χ4v) is 3.73. The highest BCUT2D eigenvalue weighted by atomic mass is 127. The van der Waals surface area contributed by atoms with Gasteiger partial charge in [0.1, 0.15) is 0 Å². The van der Waals surface area contributed by atoms with Gasteiger partial charge >= 0.3 is 5.97 Å². The molecule has 1 aromatic rings. The maximum absolute atomic E-state index is 11.7. The van der Waals surface area contributed by atoms with Gasteiger partial charge in [0.2, 0.25) is 0 Å². The first-order valence-corrected chi connectivity index (χ1v) is 9.27. The van der Waals surface area contributed by atoms with Crippen LogP contribution in [0.15, 0.2) is 21.6 Å². The summed E-state index contributed by atoms with van der Waals surface area (Å²) in [5.41, 5.74) is 1.04. The molecule has 1 aromatic carbocycles. The molecule has 1 fully saturated rings. The molecule has 0 amide bonds. The molecule has 0 aromatic heterocycles. The van der Waals surface area contributed by atoms with Gasteiger partial charge in [0.25, 0.3) is 0 Å². The molecular weight excluding hydrogens is 529 g/mol. The lowest BCUT2D eigenvalue weighted by Gasteiger charge is -2.33. The second-order valence-electron chi connectivity index (χ2n) is 6.00. The van der Waals surface area contributed by atoms with Crippen LogP contribution < -0.4 is 14.8 Å². The van der Waals surface area contributed by atoms with Crippen LogP contribution in [0.3, 0.4) is 0 Å². The van der Waals surface area contributed by atoms with Gasteiger partial charge in [-0.25, -0.2) is 0 Å². The number of methoxy groups -OCH3 is 3. The monoisotopic (exact) mass is 555 g/mol. The molecule has 0 unspecified atom stereocenters. The van der Waals surface area contributed by atoms with Gasteiger partial charge in [-0.3, -0.25) is 9.79 Å². The summed E-state index contributed by atoms with van der Waals surface area (Å²) in [5.74, 6) is 2.02. The molecule has 0 spiro atoms. The second kappa shape index (κ2) is 11.6. The van der Waals surface area contributed by atoms with Gasteiger partial charge in [-0.15, -0.1) is 24.0 Å². The molecule has 1 heterocycles. The van der Waals surface area contributed by atoms with Crippen molar-refractivity contribution in [1.29, 1.82) is 0 Å². The van der Waals surface area contributed by atoms with Crippen molar-refractivity contribution < 1.29 is 19.0 Å². The SMILES string of the molecule is CN=C(NCc1cc(Br)c(OC)c(OC)c1)N1CCC(C(=O)OC)CC1.I. The number of ether oxygens (including phenoxy) is 3. The molecule has 1 N–H and O–H groups in total. The zero-order valence-electron chi connectivity index (χ0n) is 16.1. The number of piperidine rings is 1. The van der Waals surface area contributed by atoms with E-state index in [0.29, 0.717) is 18.0 Å². The summed E-state index contributed by atoms with van der Waals surface area (Å²) < 4.78 is 16.4. The Kier molecular flexibility index (Phi) is 10.2. The summed E-state index contributed by atoms with van der Waals surface area (Å²) in [6.45, 7) is 2.15. The number of benzene rings is 1. The second-order valence-corrected chi connectivity index (χ2v) is 6.85. The zero-order valence-corrected chi connectivity index (χ0v) is 20.0. The van der Waals surface area contributed by atoms with Crippen LogP contribution in [0.25, 0.3) is 0 Å². The van der Waals surface area contributed by atoms with E-state index >= 15 is 0 Å². The quantitative estimate of drug-likeness (QED) is 0.261. The molecule has 1 aliphatic heterocycles. The summed E-state index contributed by atoms with van der Waals surface area (Å²) in [6, 6.07) is 3.93. The van der Waals surface area contributed by atoms with Crippen LogP contribution in [0, 0.1) is 5.92 Å². The highest BCUT2D eigenvalue weighted by Gasteiger charge is 2.27. The van der Waals surface area contributed by atoms with Crippen LogP contribution in [0.4, 0.5) is 0 Å². The number of nitrogens with one attached hydrogen (secondary N) is 1. The number of hydrogen-bond donors (Lipinski definition) is 1. The molecular formula is C18H27BrIN3O4. The van der Waals surface area contributed by atoms with Crippen molar-refractivity contribution >= 4 is 51.8 Å². The van der Waals surface area contributed by atoms with Crippen LogP contribution in [0.1, 0.15) is 18.4 Å². The first kappa shape index (κ1) is 23.8. The average Bonchev–Trinajstić information content (AvgIpc) is 2.67. The maximum Gasteiger partial charge on any atom is 0.308 e. The van der Waals surface area contributed by atoms with E-state index in [1.807, 2.05) is 12.1 Å². The van der Waals surface area contributed by atoms with E-state index in [9.17, 15) is 4.79 Å². The number of likely N-dealkylation sites (tertiary alicyclic amines) is 1. The molecule has 27 heavy (non-hydrogen) atoms. The maximum atomic E-state index is 11.7. The van der Waals surface area contributed by atoms with Crippen LogP contribution in [-0.4, -0.2) is 58.3 Å². The molecule has 152 valence electrons. The first-order chi connectivity index (χ1) is 12.5. The van der Waals surface area contributed by atoms with Gasteiger partial charge in [0.05, 0.1) is 31.7 Å². The molecule has 0 bridgehead atoms. The number of guanidine groups is 1. The van der Waals surface area contributed by atoms with Crippen molar-refractivity contribution in [2.75, 3.05) is 41.5 Å². The molecule has 9 heteroatoms. The number of nitrogens with zero attached hydrogens (tertiary/aromatic N) is 2. The van der Waals surface area contributed by atoms with Gasteiger partial charge in [0.15, 0.2) is 17.5 Å². The van der Waals surface area contributed by atoms with E-state index < -0.39 is 0 Å². The summed E-state index contributed by atoms with van der Waals surface area (Å²) in [4.78, 5) is 18.2. The molecule has 2 rings (SSSR count). The Morgan fingerprint density at radius 2 is 1.93 bits per heavy atom. The molecule has 7 nitrogen and oxygen atoms in total. The highest BCUT2D eigenvalue weighted by molar-refractivity contribution is 14.0. The van der Waals surface area contributed by atoms with E-state index in [0.717, 1.165) is 41.9 Å². The first-order valence-electron chi connectivity index (χ1n) is 8.47. The number of esters is 1. The summed E-state index contributed by atoms with van der Waals surface area (Å²) >= 11 is 3.51. The lowest BCUT2D eigenvalue weighted by atomic mass is 9.97. The number of halogens is 2. The van der Waals surface area contributed by atoms with Crippen LogP contribution >= 0.6 is 39.9 Å². The normalized spacial score (nSPS) is 15.0. The van der Waals surface area contributed by atoms with E-state index in [2.05, 4.69) is 31.1 Å². The van der Waals surface area contributed by atoms with Gasteiger partial charge < -0.3 is 24.4 Å². The lowest BCUT2D eigenvalue weighted by Crippen LogP contribution is -2.46. The third kappa shape index (κ3) is 6.13.